The molecule has 0 saturated heterocycles. The summed E-state index contributed by atoms with van der Waals surface area (Å²) in [5.41, 5.74) is 0. The zero-order valence-electron chi connectivity index (χ0n) is 56.3. The summed E-state index contributed by atoms with van der Waals surface area (Å²) < 4.78 is 68.1. The van der Waals surface area contributed by atoms with Crippen LogP contribution in [0.2, 0.25) is 0 Å². The van der Waals surface area contributed by atoms with Gasteiger partial charge in [0.1, 0.15) is 19.3 Å². The Morgan fingerprint density at radius 1 is 0.333 bits per heavy atom. The van der Waals surface area contributed by atoms with Gasteiger partial charge in [-0.25, -0.2) is 9.13 Å². The van der Waals surface area contributed by atoms with Gasteiger partial charge in [0.15, 0.2) is 12.2 Å². The maximum atomic E-state index is 13.0. The number of carbonyl (C=O) groups is 4. The maximum Gasteiger partial charge on any atom is 0.472 e. The molecule has 0 heterocycles. The minimum absolute atomic E-state index is 0.102. The molecule has 0 radical (unpaired) electrons. The van der Waals surface area contributed by atoms with E-state index in [-0.39, 0.29) is 25.7 Å². The molecule has 0 rings (SSSR count). The van der Waals surface area contributed by atoms with E-state index >= 15 is 0 Å². The maximum absolute atomic E-state index is 13.0. The molecule has 0 aromatic heterocycles. The van der Waals surface area contributed by atoms with Gasteiger partial charge in [-0.05, 0) is 37.5 Å². The number of phosphoric acid groups is 2. The molecule has 3 unspecified atom stereocenters. The second kappa shape index (κ2) is 60.3. The van der Waals surface area contributed by atoms with Gasteiger partial charge in [0, 0.05) is 25.7 Å². The SMILES string of the molecule is CCCCCCCCCCCCCCCCCCCCC(=O)O[C@H](COC(=O)CCCCCCCCCCC(C)CC)COP(=O)(O)OC[C@@H](O)COP(=O)(O)OC[C@@H](COC(=O)CCCCCCCCCC)OC(=O)CCCCCCCCC(C)C. The molecule has 0 saturated carbocycles. The number of phosphoric ester groups is 2. The Labute approximate surface area is 530 Å². The number of carbonyl (C=O) groups excluding carboxylic acids is 4. The fourth-order valence-electron chi connectivity index (χ4n) is 10.2. The third kappa shape index (κ3) is 61.3. The van der Waals surface area contributed by atoms with Gasteiger partial charge in [-0.2, -0.15) is 0 Å². The lowest BCUT2D eigenvalue weighted by atomic mass is 9.99. The largest absolute Gasteiger partial charge is 0.472 e. The van der Waals surface area contributed by atoms with Crippen molar-refractivity contribution in [3.05, 3.63) is 0 Å². The van der Waals surface area contributed by atoms with Crippen LogP contribution >= 0.6 is 15.6 Å². The smallest absolute Gasteiger partial charge is 0.462 e. The second-order valence-electron chi connectivity index (χ2n) is 25.3. The number of esters is 4. The highest BCUT2D eigenvalue weighted by atomic mass is 31.2. The first-order chi connectivity index (χ1) is 41.9. The van der Waals surface area contributed by atoms with Gasteiger partial charge in [0.25, 0.3) is 0 Å². The molecule has 0 spiro atoms. The topological polar surface area (TPSA) is 237 Å². The lowest BCUT2D eigenvalue weighted by Gasteiger charge is -2.21. The third-order valence-electron chi connectivity index (χ3n) is 16.1. The first-order valence-electron chi connectivity index (χ1n) is 35.5. The average Bonchev–Trinajstić information content (AvgIpc) is 3.68. The Morgan fingerprint density at radius 2 is 0.586 bits per heavy atom. The predicted octanol–water partition coefficient (Wildman–Crippen LogP) is 19.2. The minimum atomic E-state index is -4.95. The van der Waals surface area contributed by atoms with Crippen LogP contribution in [0, 0.1) is 11.8 Å². The van der Waals surface area contributed by atoms with Gasteiger partial charge in [-0.1, -0.05) is 292 Å². The van der Waals surface area contributed by atoms with Crippen LogP contribution in [0.3, 0.4) is 0 Å². The normalized spacial score (nSPS) is 14.5. The zero-order chi connectivity index (χ0) is 64.3. The number of unbranched alkanes of at least 4 members (excludes halogenated alkanes) is 36. The van der Waals surface area contributed by atoms with E-state index < -0.39 is 97.5 Å². The van der Waals surface area contributed by atoms with E-state index in [1.807, 2.05) is 0 Å². The highest BCUT2D eigenvalue weighted by molar-refractivity contribution is 7.47. The van der Waals surface area contributed by atoms with Crippen molar-refractivity contribution < 1.29 is 80.2 Å². The summed E-state index contributed by atoms with van der Waals surface area (Å²) in [5.74, 6) is -0.687. The lowest BCUT2D eigenvalue weighted by molar-refractivity contribution is -0.161. The Morgan fingerprint density at radius 3 is 0.874 bits per heavy atom. The monoisotopic (exact) mass is 1280 g/mol. The average molecular weight is 1280 g/mol. The predicted molar refractivity (Wildman–Crippen MR) is 349 cm³/mol. The summed E-state index contributed by atoms with van der Waals surface area (Å²) in [5, 5.41) is 10.6. The van der Waals surface area contributed by atoms with E-state index in [1.54, 1.807) is 0 Å². The first-order valence-corrected chi connectivity index (χ1v) is 38.5. The quantitative estimate of drug-likeness (QED) is 0.0222. The number of rotatable bonds is 67. The van der Waals surface area contributed by atoms with Gasteiger partial charge in [-0.15, -0.1) is 0 Å². The van der Waals surface area contributed by atoms with Crippen LogP contribution in [0.25, 0.3) is 0 Å². The third-order valence-corrected chi connectivity index (χ3v) is 18.0. The van der Waals surface area contributed by atoms with Crippen molar-refractivity contribution in [3.8, 4) is 0 Å². The van der Waals surface area contributed by atoms with Gasteiger partial charge in [0.2, 0.25) is 0 Å². The summed E-state index contributed by atoms with van der Waals surface area (Å²) in [4.78, 5) is 72.3. The van der Waals surface area contributed by atoms with E-state index in [0.29, 0.717) is 31.6 Å². The van der Waals surface area contributed by atoms with Crippen molar-refractivity contribution in [3.63, 3.8) is 0 Å². The van der Waals surface area contributed by atoms with E-state index in [4.69, 9.17) is 37.0 Å². The number of hydrogen-bond acceptors (Lipinski definition) is 15. The summed E-state index contributed by atoms with van der Waals surface area (Å²) >= 11 is 0. The summed E-state index contributed by atoms with van der Waals surface area (Å²) in [6.07, 6.45) is 44.7. The van der Waals surface area contributed by atoms with Gasteiger partial charge < -0.3 is 33.8 Å². The molecule has 19 heteroatoms. The van der Waals surface area contributed by atoms with Crippen molar-refractivity contribution in [2.75, 3.05) is 39.6 Å². The molecule has 3 N–H and O–H groups in total. The molecule has 87 heavy (non-hydrogen) atoms. The van der Waals surface area contributed by atoms with Crippen LogP contribution in [0.5, 0.6) is 0 Å². The van der Waals surface area contributed by atoms with Crippen LogP contribution in [-0.4, -0.2) is 96.7 Å². The molecule has 0 bridgehead atoms. The summed E-state index contributed by atoms with van der Waals surface area (Å²) in [6.45, 7) is 9.41. The molecular formula is C68H132O17P2. The van der Waals surface area contributed by atoms with E-state index in [0.717, 1.165) is 102 Å². The Bertz CT molecular complexity index is 1700. The Kier molecular flexibility index (Phi) is 59.0. The van der Waals surface area contributed by atoms with Crippen molar-refractivity contribution >= 4 is 39.5 Å². The minimum Gasteiger partial charge on any atom is -0.462 e. The molecule has 0 fully saturated rings. The molecule has 6 atom stereocenters. The van der Waals surface area contributed by atoms with Crippen LogP contribution in [0.4, 0.5) is 0 Å². The summed E-state index contributed by atoms with van der Waals surface area (Å²) in [7, 11) is -9.89. The van der Waals surface area contributed by atoms with Crippen LogP contribution in [-0.2, 0) is 65.4 Å². The number of aliphatic hydroxyl groups excluding tert-OH is 1. The van der Waals surface area contributed by atoms with Gasteiger partial charge >= 0.3 is 39.5 Å². The van der Waals surface area contributed by atoms with E-state index in [1.165, 1.54) is 154 Å². The molecule has 516 valence electrons. The van der Waals surface area contributed by atoms with Crippen LogP contribution < -0.4 is 0 Å². The first kappa shape index (κ1) is 85.1. The standard InChI is InChI=1S/C68H132O17P2/c1-7-10-12-14-16-18-19-20-21-22-23-24-25-26-27-33-40-46-52-67(72)84-63(56-79-66(71)51-45-39-32-29-28-30-37-43-49-61(6)9-3)58-82-86(74,75)80-54-62(69)55-81-87(76,77)83-59-64(57-78-65(70)50-44-38-31-17-15-13-11-8-2)85-68(73)53-47-41-35-34-36-42-48-60(4)5/h60-64,69H,7-59H2,1-6H3,(H,74,75)(H,76,77)/t61?,62-,63-,64-/m1/s1. The van der Waals surface area contributed by atoms with Gasteiger partial charge in [-0.3, -0.25) is 37.3 Å². The molecule has 0 aromatic carbocycles. The molecule has 0 aliphatic heterocycles. The van der Waals surface area contributed by atoms with E-state index in [9.17, 15) is 43.2 Å². The fourth-order valence-corrected chi connectivity index (χ4v) is 11.8. The van der Waals surface area contributed by atoms with Crippen molar-refractivity contribution in [1.29, 1.82) is 0 Å². The Hall–Kier alpha value is -1.94. The van der Waals surface area contributed by atoms with Crippen LogP contribution in [0.15, 0.2) is 0 Å². The molecule has 0 aliphatic carbocycles. The molecule has 0 amide bonds. The fraction of sp³-hybridized carbons (Fsp3) is 0.941. The molecule has 17 nitrogen and oxygen atoms in total. The van der Waals surface area contributed by atoms with Gasteiger partial charge in [0.05, 0.1) is 26.4 Å². The molecule has 0 aliphatic rings. The summed E-state index contributed by atoms with van der Waals surface area (Å²) in [6, 6.07) is 0. The van der Waals surface area contributed by atoms with E-state index in [2.05, 4.69) is 41.5 Å². The molecule has 0 aromatic rings. The van der Waals surface area contributed by atoms with Crippen molar-refractivity contribution in [1.82, 2.24) is 0 Å². The van der Waals surface area contributed by atoms with Crippen LogP contribution in [0.1, 0.15) is 343 Å². The highest BCUT2D eigenvalue weighted by Gasteiger charge is 2.30. The Balaban J connectivity index is 5.19. The van der Waals surface area contributed by atoms with Crippen molar-refractivity contribution in [2.45, 2.75) is 362 Å². The number of aliphatic hydroxyl groups is 1. The van der Waals surface area contributed by atoms with Crippen molar-refractivity contribution in [2.24, 2.45) is 11.8 Å². The number of ether oxygens (including phenoxy) is 4. The lowest BCUT2D eigenvalue weighted by Crippen LogP contribution is -2.30. The highest BCUT2D eigenvalue weighted by Crippen LogP contribution is 2.45. The zero-order valence-corrected chi connectivity index (χ0v) is 58.1. The second-order valence-corrected chi connectivity index (χ2v) is 28.2. The number of hydrogen-bond donors (Lipinski definition) is 3. The molecular weight excluding hydrogens is 1150 g/mol.